The van der Waals surface area contributed by atoms with E-state index in [1.165, 1.54) is 7.05 Å². The lowest BCUT2D eigenvalue weighted by Gasteiger charge is -2.17. The Kier molecular flexibility index (Phi) is 4.84. The molecule has 1 saturated heterocycles. The van der Waals surface area contributed by atoms with Gasteiger partial charge in [-0.25, -0.2) is 8.42 Å². The van der Waals surface area contributed by atoms with Crippen LogP contribution in [0.1, 0.15) is 23.2 Å². The molecule has 1 heterocycles. The van der Waals surface area contributed by atoms with E-state index in [4.69, 9.17) is 4.74 Å². The highest BCUT2D eigenvalue weighted by atomic mass is 32.2. The summed E-state index contributed by atoms with van der Waals surface area (Å²) in [5, 5.41) is 2.81. The van der Waals surface area contributed by atoms with Gasteiger partial charge < -0.3 is 10.1 Å². The predicted molar refractivity (Wildman–Crippen MR) is 81.0 cm³/mol. The summed E-state index contributed by atoms with van der Waals surface area (Å²) in [7, 11) is -1.89. The minimum absolute atomic E-state index is 0.0795. The number of carbonyl (C=O) groups is 1. The van der Waals surface area contributed by atoms with Crippen LogP contribution in [0.5, 0.6) is 0 Å². The zero-order valence-corrected chi connectivity index (χ0v) is 13.0. The molecule has 0 aromatic heterocycles. The molecule has 1 aliphatic heterocycles. The highest BCUT2D eigenvalue weighted by Crippen LogP contribution is 2.17. The second-order valence-corrected chi connectivity index (χ2v) is 7.14. The lowest BCUT2D eigenvalue weighted by atomic mass is 10.2. The van der Waals surface area contributed by atoms with Crippen LogP contribution in [0, 0.1) is 0 Å². The number of anilines is 1. The molecule has 0 spiro atoms. The van der Waals surface area contributed by atoms with E-state index in [1.807, 2.05) is 0 Å². The fraction of sp³-hybridized carbons (Fsp3) is 0.500. The van der Waals surface area contributed by atoms with Crippen molar-refractivity contribution in [2.75, 3.05) is 30.8 Å². The number of hydrogen-bond donors (Lipinski definition) is 1. The first-order valence-corrected chi connectivity index (χ1v) is 8.66. The molecule has 1 N–H and O–H groups in total. The number of amides is 1. The molecule has 0 aliphatic carbocycles. The molecule has 116 valence electrons. The van der Waals surface area contributed by atoms with Crippen LogP contribution in [0.15, 0.2) is 24.3 Å². The smallest absolute Gasteiger partial charge is 0.251 e. The van der Waals surface area contributed by atoms with E-state index >= 15 is 0 Å². The molecule has 1 aliphatic rings. The number of nitrogens with one attached hydrogen (secondary N) is 1. The van der Waals surface area contributed by atoms with Crippen molar-refractivity contribution in [1.29, 1.82) is 0 Å². The number of ether oxygens (including phenoxy) is 1. The van der Waals surface area contributed by atoms with Gasteiger partial charge in [0.05, 0.1) is 18.0 Å². The third kappa shape index (κ3) is 4.18. The SMILES string of the molecule is CN(c1cccc(C(=O)NC[C@H]2CCCO2)c1)S(C)(=O)=O. The minimum Gasteiger partial charge on any atom is -0.376 e. The van der Waals surface area contributed by atoms with E-state index in [-0.39, 0.29) is 12.0 Å². The fourth-order valence-electron chi connectivity index (χ4n) is 2.15. The van der Waals surface area contributed by atoms with E-state index < -0.39 is 10.0 Å². The molecule has 1 aromatic carbocycles. The van der Waals surface area contributed by atoms with Gasteiger partial charge in [0.1, 0.15) is 0 Å². The fourth-order valence-corrected chi connectivity index (χ4v) is 2.64. The first-order valence-electron chi connectivity index (χ1n) is 6.81. The zero-order chi connectivity index (χ0) is 15.5. The third-order valence-electron chi connectivity index (χ3n) is 3.48. The van der Waals surface area contributed by atoms with Crippen molar-refractivity contribution < 1.29 is 17.9 Å². The van der Waals surface area contributed by atoms with E-state index in [2.05, 4.69) is 5.32 Å². The van der Waals surface area contributed by atoms with Gasteiger partial charge in [-0.1, -0.05) is 6.07 Å². The predicted octanol–water partition coefficient (Wildman–Crippen LogP) is 0.991. The lowest BCUT2D eigenvalue weighted by Crippen LogP contribution is -2.32. The molecule has 0 radical (unpaired) electrons. The zero-order valence-electron chi connectivity index (χ0n) is 12.2. The van der Waals surface area contributed by atoms with Crippen LogP contribution in [-0.2, 0) is 14.8 Å². The highest BCUT2D eigenvalue weighted by Gasteiger charge is 2.18. The molecule has 0 unspecified atom stereocenters. The van der Waals surface area contributed by atoms with Crippen LogP contribution in [-0.4, -0.2) is 46.9 Å². The topological polar surface area (TPSA) is 75.7 Å². The molecule has 1 amide bonds. The first-order chi connectivity index (χ1) is 9.88. The average Bonchev–Trinajstić information content (AvgIpc) is 2.96. The van der Waals surface area contributed by atoms with Gasteiger partial charge in [0, 0.05) is 25.8 Å². The maximum Gasteiger partial charge on any atom is 0.251 e. The first kappa shape index (κ1) is 15.8. The molecule has 0 saturated carbocycles. The van der Waals surface area contributed by atoms with Crippen molar-refractivity contribution in [3.05, 3.63) is 29.8 Å². The summed E-state index contributed by atoms with van der Waals surface area (Å²) in [6.07, 6.45) is 3.18. The summed E-state index contributed by atoms with van der Waals surface area (Å²) in [5.74, 6) is -0.228. The van der Waals surface area contributed by atoms with Gasteiger partial charge in [0.25, 0.3) is 5.91 Å². The number of sulfonamides is 1. The monoisotopic (exact) mass is 312 g/mol. The van der Waals surface area contributed by atoms with E-state index in [0.717, 1.165) is 30.0 Å². The van der Waals surface area contributed by atoms with Crippen LogP contribution in [0.4, 0.5) is 5.69 Å². The van der Waals surface area contributed by atoms with Crippen LogP contribution in [0.2, 0.25) is 0 Å². The molecule has 0 bridgehead atoms. The van der Waals surface area contributed by atoms with Crippen molar-refractivity contribution >= 4 is 21.6 Å². The van der Waals surface area contributed by atoms with Crippen LogP contribution < -0.4 is 9.62 Å². The van der Waals surface area contributed by atoms with Crippen molar-refractivity contribution in [2.45, 2.75) is 18.9 Å². The number of benzene rings is 1. The number of hydrogen-bond acceptors (Lipinski definition) is 4. The Morgan fingerprint density at radius 3 is 2.86 bits per heavy atom. The Bertz CT molecular complexity index is 609. The van der Waals surface area contributed by atoms with E-state index in [0.29, 0.717) is 17.8 Å². The maximum absolute atomic E-state index is 12.1. The second kappa shape index (κ2) is 6.44. The normalized spacial score (nSPS) is 18.5. The molecule has 7 heteroatoms. The Hall–Kier alpha value is -1.60. The van der Waals surface area contributed by atoms with E-state index in [1.54, 1.807) is 24.3 Å². The Balaban J connectivity index is 2.04. The Morgan fingerprint density at radius 2 is 2.24 bits per heavy atom. The molecule has 1 atom stereocenters. The molecule has 2 rings (SSSR count). The number of carbonyl (C=O) groups excluding carboxylic acids is 1. The lowest BCUT2D eigenvalue weighted by molar-refractivity contribution is 0.0858. The summed E-state index contributed by atoms with van der Waals surface area (Å²) in [5.41, 5.74) is 0.892. The molecule has 1 fully saturated rings. The average molecular weight is 312 g/mol. The van der Waals surface area contributed by atoms with Crippen molar-refractivity contribution in [3.63, 3.8) is 0 Å². The largest absolute Gasteiger partial charge is 0.376 e. The van der Waals surface area contributed by atoms with Gasteiger partial charge in [0.15, 0.2) is 0 Å². The summed E-state index contributed by atoms with van der Waals surface area (Å²) >= 11 is 0. The standard InChI is InChI=1S/C14H20N2O4S/c1-16(21(2,18)19)12-6-3-5-11(9-12)14(17)15-10-13-7-4-8-20-13/h3,5-6,9,13H,4,7-8,10H2,1-2H3,(H,15,17)/t13-/m1/s1. The van der Waals surface area contributed by atoms with Crippen molar-refractivity contribution in [1.82, 2.24) is 5.32 Å². The molecular formula is C14H20N2O4S. The van der Waals surface area contributed by atoms with Gasteiger partial charge in [-0.2, -0.15) is 0 Å². The van der Waals surface area contributed by atoms with Crippen LogP contribution >= 0.6 is 0 Å². The Labute approximate surface area is 125 Å². The molecule has 21 heavy (non-hydrogen) atoms. The molecule has 6 nitrogen and oxygen atoms in total. The summed E-state index contributed by atoms with van der Waals surface area (Å²) in [6.45, 7) is 1.22. The number of rotatable bonds is 5. The third-order valence-corrected chi connectivity index (χ3v) is 4.69. The quantitative estimate of drug-likeness (QED) is 0.880. The van der Waals surface area contributed by atoms with Crippen LogP contribution in [0.25, 0.3) is 0 Å². The van der Waals surface area contributed by atoms with Gasteiger partial charge in [-0.15, -0.1) is 0 Å². The van der Waals surface area contributed by atoms with Gasteiger partial charge in [-0.05, 0) is 31.0 Å². The second-order valence-electron chi connectivity index (χ2n) is 5.13. The van der Waals surface area contributed by atoms with E-state index in [9.17, 15) is 13.2 Å². The minimum atomic E-state index is -3.34. The molecular weight excluding hydrogens is 292 g/mol. The maximum atomic E-state index is 12.1. The van der Waals surface area contributed by atoms with Gasteiger partial charge >= 0.3 is 0 Å². The number of nitrogens with zero attached hydrogens (tertiary/aromatic N) is 1. The van der Waals surface area contributed by atoms with Gasteiger partial charge in [-0.3, -0.25) is 9.10 Å². The highest BCUT2D eigenvalue weighted by molar-refractivity contribution is 7.92. The van der Waals surface area contributed by atoms with Crippen molar-refractivity contribution in [3.8, 4) is 0 Å². The summed E-state index contributed by atoms with van der Waals surface area (Å²) in [6, 6.07) is 6.53. The Morgan fingerprint density at radius 1 is 1.48 bits per heavy atom. The summed E-state index contributed by atoms with van der Waals surface area (Å²) < 4.78 is 29.6. The van der Waals surface area contributed by atoms with Crippen LogP contribution in [0.3, 0.4) is 0 Å². The van der Waals surface area contributed by atoms with Crippen molar-refractivity contribution in [2.24, 2.45) is 0 Å². The summed E-state index contributed by atoms with van der Waals surface area (Å²) in [4.78, 5) is 12.1. The molecule has 1 aromatic rings. The van der Waals surface area contributed by atoms with Gasteiger partial charge in [0.2, 0.25) is 10.0 Å².